The van der Waals surface area contributed by atoms with Gasteiger partial charge < -0.3 is 0 Å². The molecule has 0 fully saturated rings. The monoisotopic (exact) mass is 222 g/mol. The molecule has 1 heterocycles. The Balaban J connectivity index is 2.53. The van der Waals surface area contributed by atoms with Crippen molar-refractivity contribution in [3.63, 3.8) is 0 Å². The minimum Gasteiger partial charge on any atom is -0.263 e. The molecule has 2 rings (SSSR count). The Morgan fingerprint density at radius 2 is 2.07 bits per heavy atom. The molecule has 0 amide bonds. The molecule has 0 unspecified atom stereocenters. The normalized spacial score (nSPS) is 10.1. The maximum atomic E-state index is 6.04. The molecule has 1 radical (unpaired) electrons. The van der Waals surface area contributed by atoms with E-state index < -0.39 is 0 Å². The highest BCUT2D eigenvalue weighted by Crippen LogP contribution is 2.29. The van der Waals surface area contributed by atoms with Gasteiger partial charge in [-0.05, 0) is 18.2 Å². The summed E-state index contributed by atoms with van der Waals surface area (Å²) in [6.07, 6.45) is 3.35. The first-order valence-electron chi connectivity index (χ1n) is 4.04. The predicted octanol–water partition coefficient (Wildman–Crippen LogP) is 3.86. The predicted molar refractivity (Wildman–Crippen MR) is 58.5 cm³/mol. The number of halogens is 2. The van der Waals surface area contributed by atoms with Crippen LogP contribution in [0, 0.1) is 6.07 Å². The van der Waals surface area contributed by atoms with Crippen LogP contribution >= 0.6 is 23.2 Å². The molecule has 0 spiro atoms. The van der Waals surface area contributed by atoms with Crippen molar-refractivity contribution in [2.75, 3.05) is 0 Å². The Morgan fingerprint density at radius 3 is 2.71 bits per heavy atom. The van der Waals surface area contributed by atoms with Crippen molar-refractivity contribution in [1.29, 1.82) is 0 Å². The summed E-state index contributed by atoms with van der Waals surface area (Å²) >= 11 is 11.8. The summed E-state index contributed by atoms with van der Waals surface area (Å²) in [5.74, 6) is 0. The number of rotatable bonds is 1. The maximum absolute atomic E-state index is 6.04. The molecule has 2 aromatic rings. The largest absolute Gasteiger partial charge is 0.263 e. The fourth-order valence-electron chi connectivity index (χ4n) is 1.20. The lowest BCUT2D eigenvalue weighted by Gasteiger charge is -2.03. The van der Waals surface area contributed by atoms with E-state index >= 15 is 0 Å². The molecular weight excluding hydrogens is 217 g/mol. The van der Waals surface area contributed by atoms with Crippen LogP contribution in [-0.4, -0.2) is 4.98 Å². The van der Waals surface area contributed by atoms with E-state index in [1.165, 1.54) is 0 Å². The summed E-state index contributed by atoms with van der Waals surface area (Å²) in [5, 5.41) is 1.26. The van der Waals surface area contributed by atoms with Gasteiger partial charge in [0.2, 0.25) is 0 Å². The second-order valence-corrected chi connectivity index (χ2v) is 3.64. The molecule has 1 aromatic heterocycles. The Labute approximate surface area is 92.3 Å². The molecular formula is C11H6Cl2N. The second kappa shape index (κ2) is 3.99. The van der Waals surface area contributed by atoms with Crippen LogP contribution in [0.1, 0.15) is 0 Å². The smallest absolute Gasteiger partial charge is 0.0499 e. The lowest BCUT2D eigenvalue weighted by Crippen LogP contribution is -1.80. The third kappa shape index (κ3) is 1.89. The summed E-state index contributed by atoms with van der Waals surface area (Å²) in [4.78, 5) is 3.98. The molecule has 0 atom stereocenters. The number of pyridine rings is 1. The van der Waals surface area contributed by atoms with Crippen molar-refractivity contribution in [2.24, 2.45) is 0 Å². The van der Waals surface area contributed by atoms with Gasteiger partial charge in [0.25, 0.3) is 0 Å². The first-order chi connectivity index (χ1) is 6.77. The molecule has 0 aliphatic rings. The Hall–Kier alpha value is -1.05. The lowest BCUT2D eigenvalue weighted by molar-refractivity contribution is 1.32. The highest BCUT2D eigenvalue weighted by Gasteiger charge is 2.03. The zero-order valence-electron chi connectivity index (χ0n) is 7.17. The van der Waals surface area contributed by atoms with E-state index in [1.807, 2.05) is 12.1 Å². The number of aromatic nitrogens is 1. The summed E-state index contributed by atoms with van der Waals surface area (Å²) < 4.78 is 0. The van der Waals surface area contributed by atoms with Crippen molar-refractivity contribution < 1.29 is 0 Å². The van der Waals surface area contributed by atoms with Crippen LogP contribution < -0.4 is 0 Å². The topological polar surface area (TPSA) is 12.9 Å². The average Bonchev–Trinajstić information content (AvgIpc) is 2.19. The standard InChI is InChI=1S/C11H6Cl2N/c12-9-3-4-10(11(13)6-9)8-2-1-5-14-7-8/h2-7H. The van der Waals surface area contributed by atoms with Gasteiger partial charge in [0, 0.05) is 39.6 Å². The fourth-order valence-corrected chi connectivity index (χ4v) is 1.71. The van der Waals surface area contributed by atoms with Gasteiger partial charge in [-0.3, -0.25) is 4.98 Å². The minimum absolute atomic E-state index is 0.624. The van der Waals surface area contributed by atoms with E-state index in [1.54, 1.807) is 24.5 Å². The van der Waals surface area contributed by atoms with E-state index in [2.05, 4.69) is 11.1 Å². The van der Waals surface area contributed by atoms with Gasteiger partial charge in [0.05, 0.1) is 0 Å². The van der Waals surface area contributed by atoms with E-state index in [-0.39, 0.29) is 0 Å². The van der Waals surface area contributed by atoms with E-state index in [9.17, 15) is 0 Å². The van der Waals surface area contributed by atoms with Crippen LogP contribution in [-0.2, 0) is 0 Å². The van der Waals surface area contributed by atoms with E-state index in [4.69, 9.17) is 23.2 Å². The second-order valence-electron chi connectivity index (χ2n) is 2.80. The van der Waals surface area contributed by atoms with Crippen molar-refractivity contribution >= 4 is 23.2 Å². The van der Waals surface area contributed by atoms with Gasteiger partial charge in [0.1, 0.15) is 0 Å². The first kappa shape index (κ1) is 9.50. The highest BCUT2D eigenvalue weighted by molar-refractivity contribution is 6.36. The number of hydrogen-bond acceptors (Lipinski definition) is 1. The zero-order chi connectivity index (χ0) is 9.97. The first-order valence-corrected chi connectivity index (χ1v) is 4.79. The summed E-state index contributed by atoms with van der Waals surface area (Å²) in [5.41, 5.74) is 1.86. The van der Waals surface area contributed by atoms with Gasteiger partial charge in [-0.15, -0.1) is 0 Å². The molecule has 0 saturated carbocycles. The van der Waals surface area contributed by atoms with Crippen LogP contribution in [0.2, 0.25) is 10.0 Å². The Morgan fingerprint density at radius 1 is 1.21 bits per heavy atom. The van der Waals surface area contributed by atoms with Crippen LogP contribution in [0.3, 0.4) is 0 Å². The molecule has 3 heteroatoms. The van der Waals surface area contributed by atoms with Crippen molar-refractivity contribution in [1.82, 2.24) is 4.98 Å². The molecule has 69 valence electrons. The molecule has 0 saturated heterocycles. The van der Waals surface area contributed by atoms with Crippen LogP contribution in [0.15, 0.2) is 36.7 Å². The Kier molecular flexibility index (Phi) is 2.71. The molecule has 1 nitrogen and oxygen atoms in total. The molecule has 14 heavy (non-hydrogen) atoms. The van der Waals surface area contributed by atoms with E-state index in [0.29, 0.717) is 10.0 Å². The van der Waals surface area contributed by atoms with Crippen molar-refractivity contribution in [3.8, 4) is 11.1 Å². The lowest BCUT2D eigenvalue weighted by atomic mass is 10.1. The van der Waals surface area contributed by atoms with Gasteiger partial charge in [-0.25, -0.2) is 0 Å². The van der Waals surface area contributed by atoms with Crippen molar-refractivity contribution in [3.05, 3.63) is 52.8 Å². The summed E-state index contributed by atoms with van der Waals surface area (Å²) in [7, 11) is 0. The Bertz CT molecular complexity index is 440. The quantitative estimate of drug-likeness (QED) is 0.715. The summed E-state index contributed by atoms with van der Waals surface area (Å²) in [6, 6.07) is 10.1. The molecule has 0 aliphatic carbocycles. The van der Waals surface area contributed by atoms with Crippen molar-refractivity contribution in [2.45, 2.75) is 0 Å². The number of nitrogens with zero attached hydrogens (tertiary/aromatic N) is 1. The van der Waals surface area contributed by atoms with E-state index in [0.717, 1.165) is 11.1 Å². The van der Waals surface area contributed by atoms with Crippen LogP contribution in [0.5, 0.6) is 0 Å². The molecule has 0 bridgehead atoms. The molecule has 0 N–H and O–H groups in total. The van der Waals surface area contributed by atoms with Gasteiger partial charge in [0.15, 0.2) is 0 Å². The highest BCUT2D eigenvalue weighted by atomic mass is 35.5. The number of benzene rings is 1. The van der Waals surface area contributed by atoms with Gasteiger partial charge in [-0.1, -0.05) is 29.3 Å². The van der Waals surface area contributed by atoms with Gasteiger partial charge in [-0.2, -0.15) is 0 Å². The summed E-state index contributed by atoms with van der Waals surface area (Å²) in [6.45, 7) is 0. The zero-order valence-corrected chi connectivity index (χ0v) is 8.68. The SMILES string of the molecule is Clc1ccc(-c2c[c]cnc2)c(Cl)c1. The van der Waals surface area contributed by atoms with Crippen LogP contribution in [0.25, 0.3) is 11.1 Å². The fraction of sp³-hybridized carbons (Fsp3) is 0. The molecule has 1 aromatic carbocycles. The third-order valence-electron chi connectivity index (χ3n) is 1.84. The number of hydrogen-bond donors (Lipinski definition) is 0. The minimum atomic E-state index is 0.624. The average molecular weight is 223 g/mol. The molecule has 0 aliphatic heterocycles. The third-order valence-corrected chi connectivity index (χ3v) is 2.39. The maximum Gasteiger partial charge on any atom is 0.0499 e. The van der Waals surface area contributed by atoms with Gasteiger partial charge >= 0.3 is 0 Å². The van der Waals surface area contributed by atoms with Crippen LogP contribution in [0.4, 0.5) is 0 Å².